The molecule has 0 aromatic heterocycles. The zero-order valence-corrected chi connectivity index (χ0v) is 17.1. The lowest BCUT2D eigenvalue weighted by atomic mass is 10.2. The van der Waals surface area contributed by atoms with Gasteiger partial charge in [-0.15, -0.1) is 0 Å². The number of carbonyl (C=O) groups is 3. The molecule has 9 heteroatoms. The number of likely N-dealkylation sites (tertiary alicyclic amines) is 1. The van der Waals surface area contributed by atoms with E-state index in [4.69, 9.17) is 9.47 Å². The first-order valence-electron chi connectivity index (χ1n) is 8.59. The van der Waals surface area contributed by atoms with E-state index in [0.29, 0.717) is 25.3 Å². The highest BCUT2D eigenvalue weighted by molar-refractivity contribution is 7.99. The number of rotatable bonds is 5. The molecule has 8 nitrogen and oxygen atoms in total. The number of ether oxygens (including phenoxy) is 2. The molecular formula is C17H30N2O6S. The molecule has 0 aliphatic carbocycles. The number of carboxylic acids is 1. The predicted octanol–water partition coefficient (Wildman–Crippen LogP) is 2.71. The second-order valence-electron chi connectivity index (χ2n) is 8.14. The fourth-order valence-electron chi connectivity index (χ4n) is 2.37. The minimum Gasteiger partial charge on any atom is -0.480 e. The molecule has 0 saturated carbocycles. The first-order chi connectivity index (χ1) is 11.8. The Kier molecular flexibility index (Phi) is 7.61. The van der Waals surface area contributed by atoms with E-state index < -0.39 is 35.4 Å². The Morgan fingerprint density at radius 2 is 1.69 bits per heavy atom. The van der Waals surface area contributed by atoms with Crippen molar-refractivity contribution in [2.45, 2.75) is 70.5 Å². The third-order valence-electron chi connectivity index (χ3n) is 3.30. The third kappa shape index (κ3) is 8.16. The van der Waals surface area contributed by atoms with Crippen molar-refractivity contribution in [3.63, 3.8) is 0 Å². The maximum absolute atomic E-state index is 12.2. The van der Waals surface area contributed by atoms with Crippen molar-refractivity contribution in [2.24, 2.45) is 0 Å². The highest BCUT2D eigenvalue weighted by Crippen LogP contribution is 2.29. The molecule has 1 aliphatic rings. The molecule has 0 spiro atoms. The van der Waals surface area contributed by atoms with Gasteiger partial charge in [-0.1, -0.05) is 0 Å². The standard InChI is InChI=1S/C17H30N2O6S/c1-16(2,3)24-14(22)18-7-8-26-11-9-12(13(20)21)19(10-11)15(23)25-17(4,5)6/h11-12H,7-10H2,1-6H3,(H,18,22)(H,20,21)/t11-,12-/m0/s1. The normalized spacial score (nSPS) is 20.6. The molecule has 1 heterocycles. The number of nitrogens with zero attached hydrogens (tertiary/aromatic N) is 1. The number of carbonyl (C=O) groups excluding carboxylic acids is 2. The minimum absolute atomic E-state index is 0.0240. The van der Waals surface area contributed by atoms with E-state index in [-0.39, 0.29) is 5.25 Å². The van der Waals surface area contributed by atoms with Crippen LogP contribution in [0.3, 0.4) is 0 Å². The van der Waals surface area contributed by atoms with Crippen LogP contribution in [0, 0.1) is 0 Å². The van der Waals surface area contributed by atoms with E-state index in [9.17, 15) is 19.5 Å². The number of hydrogen-bond acceptors (Lipinski definition) is 6. The van der Waals surface area contributed by atoms with Crippen molar-refractivity contribution in [3.05, 3.63) is 0 Å². The molecule has 0 bridgehead atoms. The van der Waals surface area contributed by atoms with E-state index >= 15 is 0 Å². The quantitative estimate of drug-likeness (QED) is 0.695. The Bertz CT molecular complexity index is 526. The topological polar surface area (TPSA) is 105 Å². The van der Waals surface area contributed by atoms with E-state index in [1.54, 1.807) is 41.5 Å². The van der Waals surface area contributed by atoms with Crippen LogP contribution in [0.4, 0.5) is 9.59 Å². The summed E-state index contributed by atoms with van der Waals surface area (Å²) in [5.74, 6) is -0.441. The minimum atomic E-state index is -1.04. The van der Waals surface area contributed by atoms with E-state index in [1.165, 1.54) is 16.7 Å². The van der Waals surface area contributed by atoms with Crippen LogP contribution in [0.2, 0.25) is 0 Å². The number of hydrogen-bond donors (Lipinski definition) is 2. The van der Waals surface area contributed by atoms with Gasteiger partial charge in [-0.3, -0.25) is 4.90 Å². The van der Waals surface area contributed by atoms with Crippen molar-refractivity contribution in [1.82, 2.24) is 10.2 Å². The van der Waals surface area contributed by atoms with Gasteiger partial charge in [0.05, 0.1) is 0 Å². The molecule has 1 rings (SSSR count). The first-order valence-corrected chi connectivity index (χ1v) is 9.64. The van der Waals surface area contributed by atoms with Gasteiger partial charge in [-0.25, -0.2) is 14.4 Å². The van der Waals surface area contributed by atoms with Gasteiger partial charge in [-0.05, 0) is 48.0 Å². The summed E-state index contributed by atoms with van der Waals surface area (Å²) in [6.45, 7) is 11.3. The highest BCUT2D eigenvalue weighted by atomic mass is 32.2. The van der Waals surface area contributed by atoms with Crippen molar-refractivity contribution in [3.8, 4) is 0 Å². The summed E-state index contributed by atoms with van der Waals surface area (Å²) in [5.41, 5.74) is -1.23. The van der Waals surface area contributed by atoms with Crippen LogP contribution in [0.1, 0.15) is 48.0 Å². The van der Waals surface area contributed by atoms with Crippen LogP contribution in [0.25, 0.3) is 0 Å². The fourth-order valence-corrected chi connectivity index (χ4v) is 3.51. The van der Waals surface area contributed by atoms with Gasteiger partial charge in [-0.2, -0.15) is 11.8 Å². The van der Waals surface area contributed by atoms with Gasteiger partial charge in [0, 0.05) is 24.1 Å². The lowest BCUT2D eigenvalue weighted by Gasteiger charge is -2.26. The van der Waals surface area contributed by atoms with Crippen molar-refractivity contribution < 1.29 is 29.0 Å². The molecule has 150 valence electrons. The summed E-state index contributed by atoms with van der Waals surface area (Å²) in [6, 6.07) is -0.888. The molecule has 2 amide bonds. The number of thioether (sulfide) groups is 1. The molecule has 0 aromatic rings. The lowest BCUT2D eigenvalue weighted by Crippen LogP contribution is -2.43. The fraction of sp³-hybridized carbons (Fsp3) is 0.824. The van der Waals surface area contributed by atoms with Crippen LogP contribution >= 0.6 is 11.8 Å². The van der Waals surface area contributed by atoms with Crippen LogP contribution in [-0.4, -0.2) is 69.5 Å². The Balaban J connectivity index is 2.46. The largest absolute Gasteiger partial charge is 0.480 e. The monoisotopic (exact) mass is 390 g/mol. The molecule has 2 atom stereocenters. The van der Waals surface area contributed by atoms with Gasteiger partial charge < -0.3 is 19.9 Å². The number of alkyl carbamates (subject to hydrolysis) is 1. The second kappa shape index (κ2) is 8.83. The average molecular weight is 391 g/mol. The summed E-state index contributed by atoms with van der Waals surface area (Å²) >= 11 is 1.52. The van der Waals surface area contributed by atoms with Crippen LogP contribution in [0.15, 0.2) is 0 Å². The molecule has 0 unspecified atom stereocenters. The number of aliphatic carboxylic acids is 1. The highest BCUT2D eigenvalue weighted by Gasteiger charge is 2.41. The zero-order valence-electron chi connectivity index (χ0n) is 16.3. The maximum atomic E-state index is 12.2. The maximum Gasteiger partial charge on any atom is 0.411 e. The number of carboxylic acid groups (broad SMARTS) is 1. The molecule has 0 radical (unpaired) electrons. The molecule has 0 aromatic carbocycles. The van der Waals surface area contributed by atoms with Crippen LogP contribution in [-0.2, 0) is 14.3 Å². The van der Waals surface area contributed by atoms with E-state index in [2.05, 4.69) is 5.32 Å². The molecule has 1 saturated heterocycles. The third-order valence-corrected chi connectivity index (χ3v) is 4.55. The summed E-state index contributed by atoms with van der Waals surface area (Å²) in [4.78, 5) is 36.5. The van der Waals surface area contributed by atoms with Gasteiger partial charge in [0.25, 0.3) is 0 Å². The van der Waals surface area contributed by atoms with Gasteiger partial charge >= 0.3 is 18.2 Å². The zero-order chi connectivity index (χ0) is 20.1. The van der Waals surface area contributed by atoms with Gasteiger partial charge in [0.1, 0.15) is 17.2 Å². The SMILES string of the molecule is CC(C)(C)OC(=O)NCCS[C@H]1C[C@@H](C(=O)O)N(C(=O)OC(C)(C)C)C1. The Labute approximate surface area is 159 Å². The van der Waals surface area contributed by atoms with Gasteiger partial charge in [0.2, 0.25) is 0 Å². The summed E-state index contributed by atoms with van der Waals surface area (Å²) in [7, 11) is 0. The van der Waals surface area contributed by atoms with Crippen LogP contribution in [0.5, 0.6) is 0 Å². The Morgan fingerprint density at radius 1 is 1.12 bits per heavy atom. The molecule has 2 N–H and O–H groups in total. The molecule has 1 fully saturated rings. The number of nitrogens with one attached hydrogen (secondary N) is 1. The average Bonchev–Trinajstić information content (AvgIpc) is 2.84. The number of amides is 2. The molecular weight excluding hydrogens is 360 g/mol. The molecule has 26 heavy (non-hydrogen) atoms. The second-order valence-corrected chi connectivity index (χ2v) is 9.55. The lowest BCUT2D eigenvalue weighted by molar-refractivity contribution is -0.142. The predicted molar refractivity (Wildman–Crippen MR) is 99.5 cm³/mol. The molecule has 1 aliphatic heterocycles. The van der Waals surface area contributed by atoms with E-state index in [0.717, 1.165) is 0 Å². The van der Waals surface area contributed by atoms with Crippen LogP contribution < -0.4 is 5.32 Å². The first kappa shape index (κ1) is 22.4. The summed E-state index contributed by atoms with van der Waals surface area (Å²) in [5, 5.41) is 12.0. The summed E-state index contributed by atoms with van der Waals surface area (Å²) in [6.07, 6.45) is -0.741. The van der Waals surface area contributed by atoms with Crippen molar-refractivity contribution in [2.75, 3.05) is 18.8 Å². The van der Waals surface area contributed by atoms with Crippen molar-refractivity contribution >= 4 is 29.9 Å². The smallest absolute Gasteiger partial charge is 0.411 e. The Hall–Kier alpha value is -1.64. The summed E-state index contributed by atoms with van der Waals surface area (Å²) < 4.78 is 10.4. The van der Waals surface area contributed by atoms with E-state index in [1.807, 2.05) is 0 Å². The van der Waals surface area contributed by atoms with Crippen molar-refractivity contribution in [1.29, 1.82) is 0 Å². The Morgan fingerprint density at radius 3 is 2.19 bits per heavy atom. The van der Waals surface area contributed by atoms with Gasteiger partial charge in [0.15, 0.2) is 0 Å².